The summed E-state index contributed by atoms with van der Waals surface area (Å²) in [7, 11) is -1.87. The number of anilines is 1. The van der Waals surface area contributed by atoms with Crippen molar-refractivity contribution in [3.8, 4) is 0 Å². The standard InChI is InChI=1S/C12H17N5O2S2/c1-7-5-11(20-10(7)6-13-4)21(18,19)17-12-14-8(2)9(3)15-16-12/h5,13H,6H2,1-4H3,(H,14,16,17). The SMILES string of the molecule is CNCc1sc(S(=O)(=O)Nc2nnc(C)c(C)n2)cc1C. The fraction of sp³-hybridized carbons (Fsp3) is 0.417. The maximum atomic E-state index is 12.3. The molecule has 0 saturated heterocycles. The number of nitrogens with one attached hydrogen (secondary N) is 2. The van der Waals surface area contributed by atoms with Crippen molar-refractivity contribution in [2.24, 2.45) is 0 Å². The van der Waals surface area contributed by atoms with Crippen LogP contribution < -0.4 is 10.0 Å². The molecule has 2 aromatic rings. The molecule has 2 aromatic heterocycles. The van der Waals surface area contributed by atoms with Crippen molar-refractivity contribution in [1.82, 2.24) is 20.5 Å². The van der Waals surface area contributed by atoms with Crippen LogP contribution in [0, 0.1) is 20.8 Å². The van der Waals surface area contributed by atoms with Gasteiger partial charge in [-0.25, -0.2) is 18.1 Å². The molecule has 0 atom stereocenters. The van der Waals surface area contributed by atoms with Gasteiger partial charge in [-0.05, 0) is 39.4 Å². The molecular weight excluding hydrogens is 310 g/mol. The smallest absolute Gasteiger partial charge is 0.273 e. The zero-order valence-electron chi connectivity index (χ0n) is 12.3. The fourth-order valence-electron chi connectivity index (χ4n) is 1.63. The highest BCUT2D eigenvalue weighted by Gasteiger charge is 2.20. The van der Waals surface area contributed by atoms with Crippen LogP contribution in [0.15, 0.2) is 10.3 Å². The molecule has 0 amide bonds. The molecule has 2 N–H and O–H groups in total. The average Bonchev–Trinajstić information content (AvgIpc) is 2.77. The highest BCUT2D eigenvalue weighted by molar-refractivity contribution is 7.94. The summed E-state index contributed by atoms with van der Waals surface area (Å²) >= 11 is 1.23. The summed E-state index contributed by atoms with van der Waals surface area (Å²) in [4.78, 5) is 5.06. The molecule has 114 valence electrons. The Morgan fingerprint density at radius 2 is 1.90 bits per heavy atom. The second-order valence-corrected chi connectivity index (χ2v) is 7.66. The monoisotopic (exact) mass is 327 g/mol. The quantitative estimate of drug-likeness (QED) is 0.861. The number of aromatic nitrogens is 3. The summed E-state index contributed by atoms with van der Waals surface area (Å²) in [6.07, 6.45) is 0. The molecule has 0 aliphatic heterocycles. The van der Waals surface area contributed by atoms with Crippen LogP contribution >= 0.6 is 11.3 Å². The Hall–Kier alpha value is -1.58. The predicted octanol–water partition coefficient (Wildman–Crippen LogP) is 1.38. The van der Waals surface area contributed by atoms with Crippen molar-refractivity contribution in [3.05, 3.63) is 27.9 Å². The lowest BCUT2D eigenvalue weighted by atomic mass is 10.3. The Morgan fingerprint density at radius 3 is 2.52 bits per heavy atom. The first-order valence-electron chi connectivity index (χ1n) is 6.28. The van der Waals surface area contributed by atoms with Crippen LogP contribution in [0.1, 0.15) is 21.8 Å². The molecule has 2 rings (SSSR count). The topological polar surface area (TPSA) is 96.9 Å². The van der Waals surface area contributed by atoms with Gasteiger partial charge in [-0.2, -0.15) is 5.10 Å². The van der Waals surface area contributed by atoms with Gasteiger partial charge in [0.25, 0.3) is 16.0 Å². The number of aryl methyl sites for hydroxylation is 3. The first kappa shape index (κ1) is 15.8. The second-order valence-electron chi connectivity index (χ2n) is 4.61. The molecular formula is C12H17N5O2S2. The molecule has 7 nitrogen and oxygen atoms in total. The molecule has 0 fully saturated rings. The maximum Gasteiger partial charge on any atom is 0.273 e. The van der Waals surface area contributed by atoms with Gasteiger partial charge in [0.05, 0.1) is 11.4 Å². The summed E-state index contributed by atoms with van der Waals surface area (Å²) in [5.74, 6) is -0.0145. The van der Waals surface area contributed by atoms with Crippen molar-refractivity contribution in [1.29, 1.82) is 0 Å². The normalized spacial score (nSPS) is 11.6. The molecule has 2 heterocycles. The van der Waals surface area contributed by atoms with E-state index in [1.807, 2.05) is 14.0 Å². The molecule has 0 saturated carbocycles. The predicted molar refractivity (Wildman–Crippen MR) is 81.9 cm³/mol. The lowest BCUT2D eigenvalue weighted by Gasteiger charge is -2.05. The van der Waals surface area contributed by atoms with Crippen LogP contribution in [-0.2, 0) is 16.6 Å². The Kier molecular flexibility index (Phi) is 4.55. The molecule has 0 bridgehead atoms. The van der Waals surface area contributed by atoms with Gasteiger partial charge in [0, 0.05) is 11.4 Å². The van der Waals surface area contributed by atoms with E-state index in [1.165, 1.54) is 11.3 Å². The Bertz CT molecular complexity index is 755. The summed E-state index contributed by atoms with van der Waals surface area (Å²) in [5.41, 5.74) is 2.25. The van der Waals surface area contributed by atoms with E-state index >= 15 is 0 Å². The molecule has 0 unspecified atom stereocenters. The molecule has 0 radical (unpaired) electrons. The number of nitrogens with zero attached hydrogens (tertiary/aromatic N) is 3. The minimum absolute atomic E-state index is 0.0145. The Labute approximate surface area is 127 Å². The molecule has 0 aliphatic rings. The zero-order chi connectivity index (χ0) is 15.6. The van der Waals surface area contributed by atoms with Crippen LogP contribution in [0.4, 0.5) is 5.95 Å². The van der Waals surface area contributed by atoms with E-state index in [0.29, 0.717) is 17.9 Å². The maximum absolute atomic E-state index is 12.3. The molecule has 0 aliphatic carbocycles. The Morgan fingerprint density at radius 1 is 1.19 bits per heavy atom. The number of hydrogen-bond acceptors (Lipinski definition) is 7. The molecule has 0 spiro atoms. The number of rotatable bonds is 5. The van der Waals surface area contributed by atoms with Crippen molar-refractivity contribution < 1.29 is 8.42 Å². The zero-order valence-corrected chi connectivity index (χ0v) is 13.9. The summed E-state index contributed by atoms with van der Waals surface area (Å²) in [5, 5.41) is 10.6. The van der Waals surface area contributed by atoms with E-state index in [4.69, 9.17) is 0 Å². The average molecular weight is 327 g/mol. The van der Waals surface area contributed by atoms with Crippen molar-refractivity contribution in [2.45, 2.75) is 31.5 Å². The highest BCUT2D eigenvalue weighted by atomic mass is 32.2. The number of sulfonamides is 1. The van der Waals surface area contributed by atoms with Crippen LogP contribution in [0.25, 0.3) is 0 Å². The minimum atomic E-state index is -3.69. The van der Waals surface area contributed by atoms with Crippen LogP contribution in [0.2, 0.25) is 0 Å². The molecule has 21 heavy (non-hydrogen) atoms. The summed E-state index contributed by atoms with van der Waals surface area (Å²) in [6.45, 7) is 6.03. The van der Waals surface area contributed by atoms with E-state index in [-0.39, 0.29) is 10.2 Å². The fourth-order valence-corrected chi connectivity index (χ4v) is 4.17. The van der Waals surface area contributed by atoms with E-state index in [9.17, 15) is 8.42 Å². The van der Waals surface area contributed by atoms with Crippen molar-refractivity contribution in [2.75, 3.05) is 11.8 Å². The third-order valence-corrected chi connectivity index (χ3v) is 5.96. The van der Waals surface area contributed by atoms with Gasteiger partial charge in [-0.1, -0.05) is 0 Å². The summed E-state index contributed by atoms with van der Waals surface area (Å²) < 4.78 is 27.3. The lowest BCUT2D eigenvalue weighted by Crippen LogP contribution is -2.15. The second kappa shape index (κ2) is 6.04. The van der Waals surface area contributed by atoms with Crippen molar-refractivity contribution in [3.63, 3.8) is 0 Å². The van der Waals surface area contributed by atoms with E-state index < -0.39 is 10.0 Å². The van der Waals surface area contributed by atoms with Gasteiger partial charge >= 0.3 is 0 Å². The third kappa shape index (κ3) is 3.55. The van der Waals surface area contributed by atoms with E-state index in [0.717, 1.165) is 10.4 Å². The first-order chi connectivity index (χ1) is 9.83. The first-order valence-corrected chi connectivity index (χ1v) is 8.58. The lowest BCUT2D eigenvalue weighted by molar-refractivity contribution is 0.602. The summed E-state index contributed by atoms with van der Waals surface area (Å²) in [6, 6.07) is 1.65. The highest BCUT2D eigenvalue weighted by Crippen LogP contribution is 2.27. The van der Waals surface area contributed by atoms with E-state index in [2.05, 4.69) is 25.2 Å². The van der Waals surface area contributed by atoms with Crippen LogP contribution in [0.3, 0.4) is 0 Å². The number of hydrogen-bond donors (Lipinski definition) is 2. The van der Waals surface area contributed by atoms with Gasteiger partial charge in [-0.3, -0.25) is 0 Å². The van der Waals surface area contributed by atoms with Gasteiger partial charge in [0.1, 0.15) is 4.21 Å². The third-order valence-electron chi connectivity index (χ3n) is 2.92. The Balaban J connectivity index is 2.29. The van der Waals surface area contributed by atoms with Crippen LogP contribution in [-0.4, -0.2) is 30.6 Å². The van der Waals surface area contributed by atoms with Crippen molar-refractivity contribution >= 4 is 27.3 Å². The van der Waals surface area contributed by atoms with Crippen LogP contribution in [0.5, 0.6) is 0 Å². The van der Waals surface area contributed by atoms with Gasteiger partial charge in [0.2, 0.25) is 0 Å². The largest absolute Gasteiger partial charge is 0.315 e. The number of thiophene rings is 1. The molecule has 0 aromatic carbocycles. The van der Waals surface area contributed by atoms with Gasteiger partial charge in [0.15, 0.2) is 0 Å². The van der Waals surface area contributed by atoms with Gasteiger partial charge in [-0.15, -0.1) is 16.4 Å². The minimum Gasteiger partial charge on any atom is -0.315 e. The van der Waals surface area contributed by atoms with E-state index in [1.54, 1.807) is 19.9 Å². The van der Waals surface area contributed by atoms with Gasteiger partial charge < -0.3 is 5.32 Å². The molecule has 9 heteroatoms.